The Morgan fingerprint density at radius 1 is 0.811 bits per heavy atom. The molecule has 3 aromatic carbocycles. The molecule has 37 heavy (non-hydrogen) atoms. The van der Waals surface area contributed by atoms with E-state index < -0.39 is 15.9 Å². The van der Waals surface area contributed by atoms with Gasteiger partial charge in [-0.1, -0.05) is 56.0 Å². The summed E-state index contributed by atoms with van der Waals surface area (Å²) in [4.78, 5) is 24.7. The molecular formula is C28H31N3O5S. The minimum atomic E-state index is -3.94. The van der Waals surface area contributed by atoms with Gasteiger partial charge in [0, 0.05) is 11.6 Å². The Balaban J connectivity index is 1.35. The molecule has 0 bridgehead atoms. The third-order valence-corrected chi connectivity index (χ3v) is 7.54. The normalized spacial score (nSPS) is 14.3. The number of anilines is 1. The Morgan fingerprint density at radius 2 is 1.46 bits per heavy atom. The zero-order chi connectivity index (χ0) is 26.1. The maximum atomic E-state index is 13.0. The fourth-order valence-corrected chi connectivity index (χ4v) is 5.28. The van der Waals surface area contributed by atoms with Gasteiger partial charge in [-0.05, 0) is 61.4 Å². The maximum absolute atomic E-state index is 13.0. The zero-order valence-corrected chi connectivity index (χ0v) is 21.3. The van der Waals surface area contributed by atoms with Gasteiger partial charge in [-0.3, -0.25) is 14.3 Å². The summed E-state index contributed by atoms with van der Waals surface area (Å²) >= 11 is 0. The average Bonchev–Trinajstić information content (AvgIpc) is 3.17. The first-order chi connectivity index (χ1) is 17.9. The average molecular weight is 522 g/mol. The van der Waals surface area contributed by atoms with Crippen molar-refractivity contribution in [3.05, 3.63) is 84.4 Å². The molecular weight excluding hydrogens is 490 g/mol. The minimum Gasteiger partial charge on any atom is -0.455 e. The van der Waals surface area contributed by atoms with Gasteiger partial charge in [0.15, 0.2) is 5.75 Å². The van der Waals surface area contributed by atoms with Crippen LogP contribution >= 0.6 is 0 Å². The molecule has 194 valence electrons. The SMILES string of the molecule is O=C(CNC(=O)c1ccc(S(=O)(=O)Nc2ccccc2Oc2ccccc2)cc1)NC1CCCCCC1. The molecule has 1 fully saturated rings. The molecule has 1 saturated carbocycles. The third-order valence-electron chi connectivity index (χ3n) is 6.16. The second-order valence-electron chi connectivity index (χ2n) is 8.98. The van der Waals surface area contributed by atoms with Crippen LogP contribution in [0.3, 0.4) is 0 Å². The maximum Gasteiger partial charge on any atom is 0.262 e. The van der Waals surface area contributed by atoms with E-state index in [4.69, 9.17) is 4.74 Å². The first kappa shape index (κ1) is 26.2. The van der Waals surface area contributed by atoms with Crippen LogP contribution in [0.1, 0.15) is 48.9 Å². The number of carbonyl (C=O) groups is 2. The van der Waals surface area contributed by atoms with Crippen LogP contribution in [0.2, 0.25) is 0 Å². The van der Waals surface area contributed by atoms with Gasteiger partial charge >= 0.3 is 0 Å². The van der Waals surface area contributed by atoms with Gasteiger partial charge in [0.25, 0.3) is 15.9 Å². The Morgan fingerprint density at radius 3 is 2.16 bits per heavy atom. The number of amides is 2. The smallest absolute Gasteiger partial charge is 0.262 e. The van der Waals surface area contributed by atoms with Crippen molar-refractivity contribution >= 4 is 27.5 Å². The number of rotatable bonds is 9. The van der Waals surface area contributed by atoms with E-state index in [9.17, 15) is 18.0 Å². The van der Waals surface area contributed by atoms with E-state index in [1.54, 1.807) is 36.4 Å². The Labute approximate surface area is 217 Å². The third kappa shape index (κ3) is 7.57. The first-order valence-corrected chi connectivity index (χ1v) is 13.9. The quantitative estimate of drug-likeness (QED) is 0.349. The molecule has 0 aliphatic heterocycles. The predicted molar refractivity (Wildman–Crippen MR) is 142 cm³/mol. The fourth-order valence-electron chi connectivity index (χ4n) is 4.21. The van der Waals surface area contributed by atoms with Gasteiger partial charge in [-0.25, -0.2) is 8.42 Å². The van der Waals surface area contributed by atoms with Crippen molar-refractivity contribution < 1.29 is 22.7 Å². The number of carbonyl (C=O) groups excluding carboxylic acids is 2. The summed E-state index contributed by atoms with van der Waals surface area (Å²) in [5, 5.41) is 5.59. The lowest BCUT2D eigenvalue weighted by Gasteiger charge is -2.16. The number of hydrogen-bond donors (Lipinski definition) is 3. The summed E-state index contributed by atoms with van der Waals surface area (Å²) in [6.07, 6.45) is 6.52. The van der Waals surface area contributed by atoms with Crippen molar-refractivity contribution in [3.8, 4) is 11.5 Å². The Kier molecular flexibility index (Phi) is 8.79. The molecule has 0 saturated heterocycles. The molecule has 1 aliphatic rings. The van der Waals surface area contributed by atoms with Gasteiger partial charge in [-0.2, -0.15) is 0 Å². The highest BCUT2D eigenvalue weighted by atomic mass is 32.2. The van der Waals surface area contributed by atoms with Crippen LogP contribution in [0, 0.1) is 0 Å². The molecule has 0 unspecified atom stereocenters. The number of benzene rings is 3. The molecule has 9 heteroatoms. The molecule has 3 aromatic rings. The summed E-state index contributed by atoms with van der Waals surface area (Å²) in [5.41, 5.74) is 0.543. The highest BCUT2D eigenvalue weighted by Crippen LogP contribution is 2.31. The zero-order valence-electron chi connectivity index (χ0n) is 20.5. The molecule has 8 nitrogen and oxygen atoms in total. The van der Waals surface area contributed by atoms with Crippen molar-refractivity contribution in [2.75, 3.05) is 11.3 Å². The van der Waals surface area contributed by atoms with E-state index in [0.29, 0.717) is 11.5 Å². The Bertz CT molecular complexity index is 1300. The summed E-state index contributed by atoms with van der Waals surface area (Å²) in [7, 11) is -3.94. The first-order valence-electron chi connectivity index (χ1n) is 12.4. The fraction of sp³-hybridized carbons (Fsp3) is 0.286. The van der Waals surface area contributed by atoms with Gasteiger partial charge in [-0.15, -0.1) is 0 Å². The van der Waals surface area contributed by atoms with Gasteiger partial charge < -0.3 is 15.4 Å². The van der Waals surface area contributed by atoms with Gasteiger partial charge in [0.2, 0.25) is 5.91 Å². The second-order valence-corrected chi connectivity index (χ2v) is 10.7. The van der Waals surface area contributed by atoms with E-state index in [1.807, 2.05) is 18.2 Å². The van der Waals surface area contributed by atoms with Crippen molar-refractivity contribution in [1.82, 2.24) is 10.6 Å². The molecule has 4 rings (SSSR count). The number of ether oxygens (including phenoxy) is 1. The topological polar surface area (TPSA) is 114 Å². The summed E-state index contributed by atoms with van der Waals surface area (Å²) in [6, 6.07) is 21.5. The number of sulfonamides is 1. The molecule has 2 amide bonds. The van der Waals surface area contributed by atoms with Gasteiger partial charge in [0.1, 0.15) is 5.75 Å². The van der Waals surface area contributed by atoms with E-state index in [1.165, 1.54) is 37.1 Å². The van der Waals surface area contributed by atoms with Crippen LogP contribution in [0.4, 0.5) is 5.69 Å². The molecule has 3 N–H and O–H groups in total. The van der Waals surface area contributed by atoms with Crippen LogP contribution in [0.5, 0.6) is 11.5 Å². The molecule has 0 radical (unpaired) electrons. The van der Waals surface area contributed by atoms with E-state index in [2.05, 4.69) is 15.4 Å². The number of nitrogens with one attached hydrogen (secondary N) is 3. The standard InChI is InChI=1S/C28H31N3O5S/c32-27(30-22-10-4-1-2-5-11-22)20-29-28(33)21-16-18-24(19-17-21)37(34,35)31-25-14-8-9-15-26(25)36-23-12-6-3-7-13-23/h3,6-9,12-19,22,31H,1-2,4-5,10-11,20H2,(H,29,33)(H,30,32). The van der Waals surface area contributed by atoms with E-state index in [-0.39, 0.29) is 34.6 Å². The summed E-state index contributed by atoms with van der Waals surface area (Å²) in [6.45, 7) is -0.130. The van der Waals surface area contributed by atoms with Crippen molar-refractivity contribution in [3.63, 3.8) is 0 Å². The number of para-hydroxylation sites is 3. The number of hydrogen-bond acceptors (Lipinski definition) is 5. The van der Waals surface area contributed by atoms with Crippen LogP contribution in [-0.2, 0) is 14.8 Å². The van der Waals surface area contributed by atoms with Crippen molar-refractivity contribution in [1.29, 1.82) is 0 Å². The van der Waals surface area contributed by atoms with Crippen molar-refractivity contribution in [2.24, 2.45) is 0 Å². The molecule has 0 heterocycles. The monoisotopic (exact) mass is 521 g/mol. The van der Waals surface area contributed by atoms with Crippen LogP contribution in [0.25, 0.3) is 0 Å². The summed E-state index contributed by atoms with van der Waals surface area (Å²) in [5.74, 6) is 0.261. The van der Waals surface area contributed by atoms with E-state index in [0.717, 1.165) is 25.7 Å². The predicted octanol–water partition coefficient (Wildman–Crippen LogP) is 4.85. The van der Waals surface area contributed by atoms with Gasteiger partial charge in [0.05, 0.1) is 17.1 Å². The highest BCUT2D eigenvalue weighted by molar-refractivity contribution is 7.92. The minimum absolute atomic E-state index is 0.00956. The summed E-state index contributed by atoms with van der Waals surface area (Å²) < 4.78 is 34.4. The molecule has 1 aliphatic carbocycles. The largest absolute Gasteiger partial charge is 0.455 e. The molecule has 0 atom stereocenters. The van der Waals surface area contributed by atoms with Crippen LogP contribution in [0.15, 0.2) is 83.8 Å². The Hall–Kier alpha value is -3.85. The lowest BCUT2D eigenvalue weighted by atomic mass is 10.1. The van der Waals surface area contributed by atoms with E-state index >= 15 is 0 Å². The van der Waals surface area contributed by atoms with Crippen molar-refractivity contribution in [2.45, 2.75) is 49.5 Å². The lowest BCUT2D eigenvalue weighted by Crippen LogP contribution is -2.41. The lowest BCUT2D eigenvalue weighted by molar-refractivity contribution is -0.120. The molecule has 0 spiro atoms. The van der Waals surface area contributed by atoms with Crippen LogP contribution in [-0.4, -0.2) is 32.8 Å². The second kappa shape index (κ2) is 12.4. The highest BCUT2D eigenvalue weighted by Gasteiger charge is 2.19. The molecule has 0 aromatic heterocycles. The van der Waals surface area contributed by atoms with Crippen LogP contribution < -0.4 is 20.1 Å².